The number of ether oxygens (including phenoxy) is 8. The molecule has 0 fully saturated rings. The molecule has 12 heteroatoms. The molecule has 0 aromatic carbocycles. The lowest BCUT2D eigenvalue weighted by Gasteiger charge is -2.07. The summed E-state index contributed by atoms with van der Waals surface area (Å²) in [6, 6.07) is 0. The van der Waals surface area contributed by atoms with Crippen LogP contribution in [-0.4, -0.2) is 130 Å². The van der Waals surface area contributed by atoms with Gasteiger partial charge in [-0.15, -0.1) is 0 Å². The summed E-state index contributed by atoms with van der Waals surface area (Å²) in [5.74, 6) is 2.63. The lowest BCUT2D eigenvalue weighted by atomic mass is 10.1. The molecule has 0 spiro atoms. The van der Waals surface area contributed by atoms with E-state index >= 15 is 0 Å². The molecule has 0 aliphatic carbocycles. The molecule has 0 radical (unpaired) electrons. The Morgan fingerprint density at radius 3 is 0.680 bits per heavy atom. The fourth-order valence-corrected chi connectivity index (χ4v) is 7.31. The molecule has 0 heterocycles. The van der Waals surface area contributed by atoms with Crippen molar-refractivity contribution in [3.05, 3.63) is 0 Å². The van der Waals surface area contributed by atoms with Gasteiger partial charge < -0.3 is 49.4 Å². The van der Waals surface area contributed by atoms with Gasteiger partial charge in [0.15, 0.2) is 0 Å². The highest BCUT2D eigenvalue weighted by atomic mass is 33.1. The van der Waals surface area contributed by atoms with Crippen LogP contribution in [0.4, 0.5) is 0 Å². The maximum Gasteiger partial charge on any atom is 0.0701 e. The smallest absolute Gasteiger partial charge is 0.0701 e. The number of rotatable bonds is 47. The van der Waals surface area contributed by atoms with Gasteiger partial charge in [0, 0.05) is 37.8 Å². The van der Waals surface area contributed by atoms with Crippen molar-refractivity contribution in [2.75, 3.05) is 130 Å². The Hall–Kier alpha value is 0.300. The van der Waals surface area contributed by atoms with Crippen LogP contribution in [0, 0.1) is 0 Å². The molecule has 0 saturated carbocycles. The summed E-state index contributed by atoms with van der Waals surface area (Å²) in [6.07, 6.45) is 24.1. The maximum absolute atomic E-state index is 5.66. The van der Waals surface area contributed by atoms with Crippen molar-refractivity contribution in [1.82, 2.24) is 0 Å². The third-order valence-corrected chi connectivity index (χ3v) is 10.4. The van der Waals surface area contributed by atoms with Crippen molar-refractivity contribution in [3.63, 3.8) is 0 Å². The van der Waals surface area contributed by atoms with Crippen molar-refractivity contribution in [2.45, 2.75) is 116 Å². The normalized spacial score (nSPS) is 11.6. The molecule has 0 bridgehead atoms. The zero-order chi connectivity index (χ0) is 35.9. The molecule has 0 amide bonds. The zero-order valence-electron chi connectivity index (χ0n) is 32.1. The Balaban J connectivity index is 3.04. The van der Waals surface area contributed by atoms with Gasteiger partial charge in [0.05, 0.1) is 92.5 Å². The molecule has 0 saturated heterocycles. The van der Waals surface area contributed by atoms with Crippen LogP contribution in [0.5, 0.6) is 0 Å². The second-order valence-electron chi connectivity index (χ2n) is 12.5. The van der Waals surface area contributed by atoms with Crippen molar-refractivity contribution >= 4 is 21.6 Å². The van der Waals surface area contributed by atoms with Crippen molar-refractivity contribution in [3.8, 4) is 0 Å². The summed E-state index contributed by atoms with van der Waals surface area (Å²) < 4.78 is 43.7. The van der Waals surface area contributed by atoms with Gasteiger partial charge in [-0.2, -0.15) is 0 Å². The van der Waals surface area contributed by atoms with E-state index in [1.54, 1.807) is 0 Å². The third kappa shape index (κ3) is 48.3. The first-order chi connectivity index (χ1) is 24.9. The Morgan fingerprint density at radius 1 is 0.220 bits per heavy atom. The predicted molar refractivity (Wildman–Crippen MR) is 213 cm³/mol. The van der Waals surface area contributed by atoms with Gasteiger partial charge in [-0.25, -0.2) is 0 Å². The van der Waals surface area contributed by atoms with E-state index in [9.17, 15) is 0 Å². The third-order valence-electron chi connectivity index (χ3n) is 7.87. The van der Waals surface area contributed by atoms with Crippen molar-refractivity contribution in [1.29, 1.82) is 0 Å². The minimum atomic E-state index is 0.552. The SMILES string of the molecule is NCCOCCOCCOCCOCCCCCCCCCCCSSCCCCCCCCCCCOCCOCCOCCOCCN. The zero-order valence-corrected chi connectivity index (χ0v) is 33.7. The summed E-state index contributed by atoms with van der Waals surface area (Å²) in [4.78, 5) is 0. The highest BCUT2D eigenvalue weighted by molar-refractivity contribution is 8.76. The molecule has 0 aromatic heterocycles. The van der Waals surface area contributed by atoms with Crippen LogP contribution in [0.1, 0.15) is 116 Å². The Kier molecular flexibility index (Phi) is 49.6. The van der Waals surface area contributed by atoms with Gasteiger partial charge in [0.1, 0.15) is 0 Å². The quantitative estimate of drug-likeness (QED) is 0.0474. The Labute approximate surface area is 315 Å². The number of nitrogens with two attached hydrogens (primary N) is 2. The maximum atomic E-state index is 5.66. The summed E-state index contributed by atoms with van der Waals surface area (Å²) in [7, 11) is 4.18. The first-order valence-electron chi connectivity index (χ1n) is 20.2. The van der Waals surface area contributed by atoms with Gasteiger partial charge in [0.25, 0.3) is 0 Å². The van der Waals surface area contributed by atoms with Crippen molar-refractivity contribution in [2.24, 2.45) is 11.5 Å². The van der Waals surface area contributed by atoms with Crippen LogP contribution >= 0.6 is 21.6 Å². The highest BCUT2D eigenvalue weighted by Gasteiger charge is 1.98. The van der Waals surface area contributed by atoms with Crippen LogP contribution in [0.15, 0.2) is 0 Å². The van der Waals surface area contributed by atoms with E-state index in [2.05, 4.69) is 21.6 Å². The minimum absolute atomic E-state index is 0.552. The topological polar surface area (TPSA) is 126 Å². The van der Waals surface area contributed by atoms with E-state index in [1.165, 1.54) is 114 Å². The van der Waals surface area contributed by atoms with Crippen molar-refractivity contribution < 1.29 is 37.9 Å². The molecular formula is C38H80N2O8S2. The predicted octanol–water partition coefficient (Wildman–Crippen LogP) is 7.44. The summed E-state index contributed by atoms with van der Waals surface area (Å²) >= 11 is 0. The molecule has 50 heavy (non-hydrogen) atoms. The number of hydrogen-bond acceptors (Lipinski definition) is 12. The molecule has 10 nitrogen and oxygen atoms in total. The first-order valence-corrected chi connectivity index (χ1v) is 22.7. The number of hydrogen-bond donors (Lipinski definition) is 2. The van der Waals surface area contributed by atoms with Gasteiger partial charge in [0.2, 0.25) is 0 Å². The molecular weight excluding hydrogens is 677 g/mol. The van der Waals surface area contributed by atoms with E-state index in [0.717, 1.165) is 26.1 Å². The molecule has 302 valence electrons. The molecule has 4 N–H and O–H groups in total. The van der Waals surface area contributed by atoms with E-state index < -0.39 is 0 Å². The average Bonchev–Trinajstić information content (AvgIpc) is 3.13. The van der Waals surface area contributed by atoms with Gasteiger partial charge >= 0.3 is 0 Å². The summed E-state index contributed by atoms with van der Waals surface area (Å²) in [6.45, 7) is 11.3. The Morgan fingerprint density at radius 2 is 0.420 bits per heavy atom. The van der Waals surface area contributed by atoms with Crippen LogP contribution in [0.3, 0.4) is 0 Å². The second kappa shape index (κ2) is 49.3. The molecule has 0 aliphatic rings. The lowest BCUT2D eigenvalue weighted by Crippen LogP contribution is -2.14. The minimum Gasteiger partial charge on any atom is -0.379 e. The number of unbranched alkanes of at least 4 members (excludes halogenated alkanes) is 16. The lowest BCUT2D eigenvalue weighted by molar-refractivity contribution is -0.00135. The summed E-state index contributed by atoms with van der Waals surface area (Å²) in [5.41, 5.74) is 10.7. The van der Waals surface area contributed by atoms with Crippen LogP contribution < -0.4 is 11.5 Å². The van der Waals surface area contributed by atoms with E-state index in [1.807, 2.05) is 0 Å². The monoisotopic (exact) mass is 757 g/mol. The molecule has 0 atom stereocenters. The fourth-order valence-electron chi connectivity index (χ4n) is 5.01. The second-order valence-corrected chi connectivity index (χ2v) is 15.2. The largest absolute Gasteiger partial charge is 0.379 e. The van der Waals surface area contributed by atoms with Crippen LogP contribution in [-0.2, 0) is 37.9 Å². The molecule has 0 rings (SSSR count). The molecule has 0 aliphatic heterocycles. The highest BCUT2D eigenvalue weighted by Crippen LogP contribution is 2.25. The van der Waals surface area contributed by atoms with Crippen LogP contribution in [0.25, 0.3) is 0 Å². The molecule has 0 unspecified atom stereocenters. The van der Waals surface area contributed by atoms with Crippen LogP contribution in [0.2, 0.25) is 0 Å². The average molecular weight is 757 g/mol. The molecule has 0 aromatic rings. The fraction of sp³-hybridized carbons (Fsp3) is 1.00. The Bertz CT molecular complexity index is 543. The van der Waals surface area contributed by atoms with Gasteiger partial charge in [-0.3, -0.25) is 0 Å². The van der Waals surface area contributed by atoms with Gasteiger partial charge in [-0.05, 0) is 25.7 Å². The standard InChI is InChI=1S/C38H80N2O8S2/c39-19-23-43-27-31-47-35-33-45-29-25-41-21-15-11-7-3-1-5-9-13-17-37-49-50-38-18-14-10-6-2-4-8-12-16-22-42-26-30-46-34-36-48-32-28-44-24-20-40/h1-40H2. The first kappa shape index (κ1) is 50.3. The van der Waals surface area contributed by atoms with E-state index in [0.29, 0.717) is 106 Å². The van der Waals surface area contributed by atoms with E-state index in [-0.39, 0.29) is 0 Å². The van der Waals surface area contributed by atoms with E-state index in [4.69, 9.17) is 49.4 Å². The summed E-state index contributed by atoms with van der Waals surface area (Å²) in [5, 5.41) is 0. The van der Waals surface area contributed by atoms with Gasteiger partial charge in [-0.1, -0.05) is 111 Å².